The highest BCUT2D eigenvalue weighted by atomic mass is 32.1. The summed E-state index contributed by atoms with van der Waals surface area (Å²) in [7, 11) is 0. The zero-order valence-corrected chi connectivity index (χ0v) is 17.3. The first kappa shape index (κ1) is 19.6. The Labute approximate surface area is 174 Å². The van der Waals surface area contributed by atoms with Crippen molar-refractivity contribution in [2.45, 2.75) is 38.6 Å². The molecule has 0 bridgehead atoms. The number of benzene rings is 2. The maximum Gasteiger partial charge on any atom is 0.251 e. The lowest BCUT2D eigenvalue weighted by atomic mass is 9.95. The van der Waals surface area contributed by atoms with Gasteiger partial charge in [-0.3, -0.25) is 9.59 Å². The van der Waals surface area contributed by atoms with E-state index in [4.69, 9.17) is 5.73 Å². The van der Waals surface area contributed by atoms with Crippen LogP contribution in [0.1, 0.15) is 52.2 Å². The molecule has 1 atom stereocenters. The van der Waals surface area contributed by atoms with Crippen LogP contribution in [-0.2, 0) is 17.6 Å². The van der Waals surface area contributed by atoms with Gasteiger partial charge in [-0.2, -0.15) is 0 Å². The molecule has 0 fully saturated rings. The normalized spacial score (nSPS) is 14.4. The summed E-state index contributed by atoms with van der Waals surface area (Å²) < 4.78 is 0. The molecule has 150 valence electrons. The molecule has 0 unspecified atom stereocenters. The number of rotatable bonds is 6. The Morgan fingerprint density at radius 2 is 1.86 bits per heavy atom. The van der Waals surface area contributed by atoms with E-state index in [2.05, 4.69) is 34.9 Å². The molecule has 0 radical (unpaired) electrons. The van der Waals surface area contributed by atoms with E-state index >= 15 is 0 Å². The first-order chi connectivity index (χ1) is 14.0. The number of aryl methyl sites for hydroxylation is 1. The number of thiophene rings is 1. The molecular weight excluding hydrogens is 382 g/mol. The van der Waals surface area contributed by atoms with Gasteiger partial charge in [0, 0.05) is 10.9 Å². The lowest BCUT2D eigenvalue weighted by molar-refractivity contribution is -0.115. The average molecular weight is 408 g/mol. The molecular formula is C23H25N3O2S. The Morgan fingerprint density at radius 3 is 2.69 bits per heavy atom. The predicted octanol–water partition coefficient (Wildman–Crippen LogP) is 4.17. The summed E-state index contributed by atoms with van der Waals surface area (Å²) in [6.07, 6.45) is 3.98. The van der Waals surface area contributed by atoms with Gasteiger partial charge in [0.15, 0.2) is 0 Å². The molecule has 2 aromatic carbocycles. The van der Waals surface area contributed by atoms with Crippen LogP contribution in [-0.4, -0.2) is 18.4 Å². The van der Waals surface area contributed by atoms with Gasteiger partial charge in [0.1, 0.15) is 5.00 Å². The minimum Gasteiger partial charge on any atom is -0.365 e. The standard InChI is InChI=1S/C23H25N3O2S/c1-14(16-11-6-8-15-7-2-3-9-17(15)16)25-13-20(27)26-23-21(22(24)28)18-10-4-5-12-19(18)29-23/h2-3,6-9,11,14,25H,4-5,10,12-13H2,1H3,(H2,24,28)(H,26,27)/t14-/m1/s1. The van der Waals surface area contributed by atoms with Crippen LogP contribution < -0.4 is 16.4 Å². The fourth-order valence-corrected chi connectivity index (χ4v) is 5.38. The van der Waals surface area contributed by atoms with Crippen molar-refractivity contribution < 1.29 is 9.59 Å². The Bertz CT molecular complexity index is 1070. The fourth-order valence-electron chi connectivity index (χ4n) is 4.07. The van der Waals surface area contributed by atoms with Crippen molar-refractivity contribution in [2.75, 3.05) is 11.9 Å². The number of amides is 2. The molecule has 0 saturated heterocycles. The molecule has 2 amide bonds. The van der Waals surface area contributed by atoms with Crippen LogP contribution in [0, 0.1) is 0 Å². The van der Waals surface area contributed by atoms with Crippen LogP contribution in [0.25, 0.3) is 10.8 Å². The first-order valence-electron chi connectivity index (χ1n) is 10.00. The Kier molecular flexibility index (Phi) is 5.65. The molecule has 4 N–H and O–H groups in total. The van der Waals surface area contributed by atoms with Crippen LogP contribution in [0.2, 0.25) is 0 Å². The zero-order chi connectivity index (χ0) is 20.4. The first-order valence-corrected chi connectivity index (χ1v) is 10.8. The van der Waals surface area contributed by atoms with Gasteiger partial charge in [0.2, 0.25) is 5.91 Å². The van der Waals surface area contributed by atoms with Gasteiger partial charge in [-0.05, 0) is 54.5 Å². The van der Waals surface area contributed by atoms with Crippen LogP contribution in [0.3, 0.4) is 0 Å². The van der Waals surface area contributed by atoms with Crippen LogP contribution in [0.15, 0.2) is 42.5 Å². The molecule has 1 aliphatic carbocycles. The lowest BCUT2D eigenvalue weighted by Crippen LogP contribution is -2.30. The zero-order valence-electron chi connectivity index (χ0n) is 16.5. The number of hydrogen-bond acceptors (Lipinski definition) is 4. The smallest absolute Gasteiger partial charge is 0.251 e. The number of carbonyl (C=O) groups is 2. The van der Waals surface area contributed by atoms with Gasteiger partial charge < -0.3 is 16.4 Å². The number of hydrogen-bond donors (Lipinski definition) is 3. The van der Waals surface area contributed by atoms with E-state index in [-0.39, 0.29) is 18.5 Å². The summed E-state index contributed by atoms with van der Waals surface area (Å²) in [5, 5.41) is 9.16. The van der Waals surface area contributed by atoms with Gasteiger partial charge >= 0.3 is 0 Å². The van der Waals surface area contributed by atoms with Crippen LogP contribution in [0.4, 0.5) is 5.00 Å². The highest BCUT2D eigenvalue weighted by Crippen LogP contribution is 2.37. The lowest BCUT2D eigenvalue weighted by Gasteiger charge is -2.16. The third-order valence-electron chi connectivity index (χ3n) is 5.53. The van der Waals surface area contributed by atoms with E-state index in [1.54, 1.807) is 0 Å². The molecule has 0 aliphatic heterocycles. The molecule has 1 aliphatic rings. The Morgan fingerprint density at radius 1 is 1.10 bits per heavy atom. The van der Waals surface area contributed by atoms with Gasteiger partial charge in [-0.25, -0.2) is 0 Å². The maximum atomic E-state index is 12.6. The van der Waals surface area contributed by atoms with E-state index in [9.17, 15) is 9.59 Å². The summed E-state index contributed by atoms with van der Waals surface area (Å²) in [6.45, 7) is 2.21. The molecule has 1 heterocycles. The van der Waals surface area contributed by atoms with E-state index < -0.39 is 5.91 Å². The fraction of sp³-hybridized carbons (Fsp3) is 0.304. The van der Waals surface area contributed by atoms with E-state index in [0.717, 1.165) is 36.8 Å². The highest BCUT2D eigenvalue weighted by Gasteiger charge is 2.25. The Hall–Kier alpha value is -2.70. The molecule has 5 nitrogen and oxygen atoms in total. The molecule has 0 spiro atoms. The van der Waals surface area contributed by atoms with Crippen molar-refractivity contribution in [1.82, 2.24) is 5.32 Å². The van der Waals surface area contributed by atoms with Gasteiger partial charge in [0.25, 0.3) is 5.91 Å². The second kappa shape index (κ2) is 8.35. The van der Waals surface area contributed by atoms with Crippen molar-refractivity contribution in [3.8, 4) is 0 Å². The average Bonchev–Trinajstić information content (AvgIpc) is 3.09. The van der Waals surface area contributed by atoms with Crippen molar-refractivity contribution >= 4 is 38.9 Å². The number of primary amides is 1. The third-order valence-corrected chi connectivity index (χ3v) is 6.74. The highest BCUT2D eigenvalue weighted by molar-refractivity contribution is 7.17. The van der Waals surface area contributed by atoms with Crippen molar-refractivity contribution in [3.05, 3.63) is 64.0 Å². The number of carbonyl (C=O) groups excluding carboxylic acids is 2. The number of anilines is 1. The van der Waals surface area contributed by atoms with E-state index in [1.165, 1.54) is 27.0 Å². The van der Waals surface area contributed by atoms with Gasteiger partial charge in [0.05, 0.1) is 12.1 Å². The van der Waals surface area contributed by atoms with Gasteiger partial charge in [-0.1, -0.05) is 42.5 Å². The minimum atomic E-state index is -0.461. The maximum absolute atomic E-state index is 12.6. The van der Waals surface area contributed by atoms with Gasteiger partial charge in [-0.15, -0.1) is 11.3 Å². The van der Waals surface area contributed by atoms with E-state index in [1.807, 2.05) is 25.1 Å². The largest absolute Gasteiger partial charge is 0.365 e. The third kappa shape index (κ3) is 4.04. The van der Waals surface area contributed by atoms with Crippen molar-refractivity contribution in [2.24, 2.45) is 5.73 Å². The monoisotopic (exact) mass is 407 g/mol. The van der Waals surface area contributed by atoms with Crippen LogP contribution >= 0.6 is 11.3 Å². The number of nitrogens with one attached hydrogen (secondary N) is 2. The molecule has 1 aromatic heterocycles. The summed E-state index contributed by atoms with van der Waals surface area (Å²) in [6, 6.07) is 14.4. The molecule has 0 saturated carbocycles. The topological polar surface area (TPSA) is 84.2 Å². The summed E-state index contributed by atoms with van der Waals surface area (Å²) in [5.74, 6) is -0.630. The number of nitrogens with two attached hydrogens (primary N) is 1. The summed E-state index contributed by atoms with van der Waals surface area (Å²) in [5.41, 5.74) is 8.29. The van der Waals surface area contributed by atoms with Crippen LogP contribution in [0.5, 0.6) is 0 Å². The molecule has 6 heteroatoms. The number of fused-ring (bicyclic) bond motifs is 2. The van der Waals surface area contributed by atoms with Crippen molar-refractivity contribution in [1.29, 1.82) is 0 Å². The molecule has 29 heavy (non-hydrogen) atoms. The quantitative estimate of drug-likeness (QED) is 0.573. The minimum absolute atomic E-state index is 0.0130. The predicted molar refractivity (Wildman–Crippen MR) is 118 cm³/mol. The molecule has 3 aromatic rings. The summed E-state index contributed by atoms with van der Waals surface area (Å²) >= 11 is 1.49. The van der Waals surface area contributed by atoms with Crippen molar-refractivity contribution in [3.63, 3.8) is 0 Å². The SMILES string of the molecule is C[C@@H](NCC(=O)Nc1sc2c(c1C(N)=O)CCCC2)c1cccc2ccccc12. The molecule has 4 rings (SSSR count). The second-order valence-electron chi connectivity index (χ2n) is 7.50. The van der Waals surface area contributed by atoms with E-state index in [0.29, 0.717) is 10.6 Å². The Balaban J connectivity index is 1.45. The second-order valence-corrected chi connectivity index (χ2v) is 8.60. The summed E-state index contributed by atoms with van der Waals surface area (Å²) in [4.78, 5) is 25.7.